The van der Waals surface area contributed by atoms with Crippen LogP contribution < -0.4 is 10.9 Å². The lowest BCUT2D eigenvalue weighted by Gasteiger charge is -2.19. The highest BCUT2D eigenvalue weighted by atomic mass is 16.2. The molecule has 3 heterocycles. The molecule has 2 aliphatic rings. The number of nitrogens with zero attached hydrogens (tertiary/aromatic N) is 4. The number of aromatic amines is 1. The molecule has 4 rings (SSSR count). The van der Waals surface area contributed by atoms with Crippen LogP contribution >= 0.6 is 0 Å². The summed E-state index contributed by atoms with van der Waals surface area (Å²) >= 11 is 0. The number of nitrogens with one attached hydrogen (secondary N) is 2. The molecule has 2 aromatic rings. The Bertz CT molecular complexity index is 853. The average molecular weight is 340 g/mol. The summed E-state index contributed by atoms with van der Waals surface area (Å²) in [6, 6.07) is 3.30. The number of aromatic nitrogens is 4. The Hall–Kier alpha value is -2.77. The predicted molar refractivity (Wildman–Crippen MR) is 91.6 cm³/mol. The number of anilines is 1. The molecule has 1 amide bonds. The van der Waals surface area contributed by atoms with Gasteiger partial charge in [-0.15, -0.1) is 0 Å². The molecule has 8 nitrogen and oxygen atoms in total. The SMILES string of the molecule is Cc1nc2c(c(NC3CC3)n1)CCN(C(=O)c1ccc(=O)[nH]n1)CC2. The lowest BCUT2D eigenvalue weighted by Crippen LogP contribution is -2.34. The number of carbonyl (C=O) groups is 1. The molecule has 0 bridgehead atoms. The minimum absolute atomic E-state index is 0.176. The summed E-state index contributed by atoms with van der Waals surface area (Å²) in [5, 5.41) is 9.64. The van der Waals surface area contributed by atoms with Gasteiger partial charge in [0.25, 0.3) is 11.5 Å². The highest BCUT2D eigenvalue weighted by Crippen LogP contribution is 2.28. The van der Waals surface area contributed by atoms with Gasteiger partial charge in [-0.05, 0) is 32.3 Å². The third kappa shape index (κ3) is 3.38. The van der Waals surface area contributed by atoms with Gasteiger partial charge < -0.3 is 10.2 Å². The smallest absolute Gasteiger partial charge is 0.274 e. The summed E-state index contributed by atoms with van der Waals surface area (Å²) in [5.41, 5.74) is 2.06. The lowest BCUT2D eigenvalue weighted by atomic mass is 10.1. The standard InChI is InChI=1S/C17H20N6O2/c1-10-18-13-7-9-23(17(25)14-4-5-15(24)22-21-14)8-6-12(13)16(19-10)20-11-2-3-11/h4-5,11H,2-3,6-9H2,1H3,(H,22,24)(H,18,19,20). The van der Waals surface area contributed by atoms with Crippen molar-refractivity contribution in [1.29, 1.82) is 0 Å². The fourth-order valence-corrected chi connectivity index (χ4v) is 3.09. The molecule has 2 N–H and O–H groups in total. The lowest BCUT2D eigenvalue weighted by molar-refractivity contribution is 0.0755. The van der Waals surface area contributed by atoms with Crippen LogP contribution in [0.4, 0.5) is 5.82 Å². The fraction of sp³-hybridized carbons (Fsp3) is 0.471. The van der Waals surface area contributed by atoms with Gasteiger partial charge in [-0.2, -0.15) is 5.10 Å². The zero-order chi connectivity index (χ0) is 17.4. The van der Waals surface area contributed by atoms with Gasteiger partial charge in [0, 0.05) is 37.2 Å². The van der Waals surface area contributed by atoms with E-state index in [9.17, 15) is 9.59 Å². The van der Waals surface area contributed by atoms with Gasteiger partial charge in [0.1, 0.15) is 17.3 Å². The van der Waals surface area contributed by atoms with Crippen LogP contribution in [0.25, 0.3) is 0 Å². The van der Waals surface area contributed by atoms with Crippen molar-refractivity contribution >= 4 is 11.7 Å². The number of rotatable bonds is 3. The Morgan fingerprint density at radius 1 is 1.24 bits per heavy atom. The average Bonchev–Trinajstić information content (AvgIpc) is 3.41. The van der Waals surface area contributed by atoms with E-state index in [-0.39, 0.29) is 17.2 Å². The number of amides is 1. The third-order valence-electron chi connectivity index (χ3n) is 4.56. The molecule has 1 saturated carbocycles. The number of fused-ring (bicyclic) bond motifs is 1. The van der Waals surface area contributed by atoms with Crippen LogP contribution in [0.1, 0.15) is 40.4 Å². The first kappa shape index (κ1) is 15.7. The molecule has 0 saturated heterocycles. The van der Waals surface area contributed by atoms with Crippen molar-refractivity contribution in [3.63, 3.8) is 0 Å². The highest BCUT2D eigenvalue weighted by Gasteiger charge is 2.27. The van der Waals surface area contributed by atoms with Crippen LogP contribution in [0.2, 0.25) is 0 Å². The molecule has 1 aliphatic carbocycles. The summed E-state index contributed by atoms with van der Waals surface area (Å²) in [7, 11) is 0. The zero-order valence-corrected chi connectivity index (χ0v) is 14.1. The molecule has 0 radical (unpaired) electrons. The van der Waals surface area contributed by atoms with E-state index in [2.05, 4.69) is 25.5 Å². The summed E-state index contributed by atoms with van der Waals surface area (Å²) in [4.78, 5) is 34.7. The highest BCUT2D eigenvalue weighted by molar-refractivity contribution is 5.92. The molecule has 130 valence electrons. The summed E-state index contributed by atoms with van der Waals surface area (Å²) in [5.74, 6) is 1.50. The first-order valence-electron chi connectivity index (χ1n) is 8.58. The summed E-state index contributed by atoms with van der Waals surface area (Å²) < 4.78 is 0. The third-order valence-corrected chi connectivity index (χ3v) is 4.56. The molecule has 1 aliphatic heterocycles. The van der Waals surface area contributed by atoms with Crippen LogP contribution in [-0.4, -0.2) is 50.1 Å². The minimum atomic E-state index is -0.318. The molecular weight excluding hydrogens is 320 g/mol. The van der Waals surface area contributed by atoms with Crippen LogP contribution in [0, 0.1) is 6.92 Å². The second kappa shape index (κ2) is 6.27. The van der Waals surface area contributed by atoms with E-state index in [0.717, 1.165) is 22.9 Å². The molecule has 0 spiro atoms. The molecule has 0 aromatic carbocycles. The van der Waals surface area contributed by atoms with Crippen LogP contribution in [-0.2, 0) is 12.8 Å². The maximum absolute atomic E-state index is 12.6. The topological polar surface area (TPSA) is 104 Å². The second-order valence-electron chi connectivity index (χ2n) is 6.56. The number of carbonyl (C=O) groups excluding carboxylic acids is 1. The number of hydrogen-bond acceptors (Lipinski definition) is 6. The Labute approximate surface area is 144 Å². The number of H-pyrrole nitrogens is 1. The van der Waals surface area contributed by atoms with E-state index < -0.39 is 0 Å². The molecule has 1 fully saturated rings. The van der Waals surface area contributed by atoms with E-state index in [1.807, 2.05) is 6.92 Å². The van der Waals surface area contributed by atoms with Crippen LogP contribution in [0.3, 0.4) is 0 Å². The van der Waals surface area contributed by atoms with Gasteiger partial charge >= 0.3 is 0 Å². The minimum Gasteiger partial charge on any atom is -0.367 e. The quantitative estimate of drug-likeness (QED) is 0.852. The van der Waals surface area contributed by atoms with Crippen molar-refractivity contribution in [3.8, 4) is 0 Å². The van der Waals surface area contributed by atoms with E-state index in [0.29, 0.717) is 32.0 Å². The first-order chi connectivity index (χ1) is 12.1. The Morgan fingerprint density at radius 3 is 2.76 bits per heavy atom. The summed E-state index contributed by atoms with van der Waals surface area (Å²) in [6.07, 6.45) is 3.76. The van der Waals surface area contributed by atoms with E-state index in [1.165, 1.54) is 25.0 Å². The largest absolute Gasteiger partial charge is 0.367 e. The van der Waals surface area contributed by atoms with Gasteiger partial charge in [0.05, 0.1) is 5.69 Å². The van der Waals surface area contributed by atoms with Gasteiger partial charge in [0.15, 0.2) is 0 Å². The zero-order valence-electron chi connectivity index (χ0n) is 14.1. The van der Waals surface area contributed by atoms with Crippen molar-refractivity contribution < 1.29 is 4.79 Å². The Kier molecular flexibility index (Phi) is 3.95. The van der Waals surface area contributed by atoms with Gasteiger partial charge in [0.2, 0.25) is 0 Å². The normalized spacial score (nSPS) is 16.9. The molecule has 0 atom stereocenters. The number of aryl methyl sites for hydroxylation is 1. The molecule has 8 heteroatoms. The monoisotopic (exact) mass is 340 g/mol. The second-order valence-corrected chi connectivity index (χ2v) is 6.56. The Balaban J connectivity index is 1.55. The number of hydrogen-bond donors (Lipinski definition) is 2. The Morgan fingerprint density at radius 2 is 2.04 bits per heavy atom. The van der Waals surface area contributed by atoms with E-state index in [4.69, 9.17) is 0 Å². The van der Waals surface area contributed by atoms with Crippen LogP contribution in [0.5, 0.6) is 0 Å². The van der Waals surface area contributed by atoms with Crippen molar-refractivity contribution in [2.75, 3.05) is 18.4 Å². The predicted octanol–water partition coefficient (Wildman–Crippen LogP) is 0.684. The van der Waals surface area contributed by atoms with Crippen molar-refractivity contribution in [3.05, 3.63) is 45.3 Å². The van der Waals surface area contributed by atoms with Crippen molar-refractivity contribution in [2.24, 2.45) is 0 Å². The molecule has 25 heavy (non-hydrogen) atoms. The van der Waals surface area contributed by atoms with Gasteiger partial charge in [-0.25, -0.2) is 15.1 Å². The van der Waals surface area contributed by atoms with Gasteiger partial charge in [-0.3, -0.25) is 9.59 Å². The van der Waals surface area contributed by atoms with Crippen molar-refractivity contribution in [2.45, 2.75) is 38.6 Å². The molecule has 2 aromatic heterocycles. The van der Waals surface area contributed by atoms with Crippen molar-refractivity contribution in [1.82, 2.24) is 25.1 Å². The van der Waals surface area contributed by atoms with Gasteiger partial charge in [-0.1, -0.05) is 0 Å². The molecular formula is C17H20N6O2. The maximum Gasteiger partial charge on any atom is 0.274 e. The summed E-state index contributed by atoms with van der Waals surface area (Å²) in [6.45, 7) is 3.06. The maximum atomic E-state index is 12.6. The fourth-order valence-electron chi connectivity index (χ4n) is 3.09. The molecule has 0 unspecified atom stereocenters. The van der Waals surface area contributed by atoms with Crippen LogP contribution in [0.15, 0.2) is 16.9 Å². The van der Waals surface area contributed by atoms with E-state index in [1.54, 1.807) is 4.90 Å². The first-order valence-corrected chi connectivity index (χ1v) is 8.58. The van der Waals surface area contributed by atoms with E-state index >= 15 is 0 Å².